The van der Waals surface area contributed by atoms with E-state index in [1.54, 1.807) is 24.3 Å². The lowest BCUT2D eigenvalue weighted by Crippen LogP contribution is -2.23. The molecule has 0 atom stereocenters. The molecule has 1 aromatic carbocycles. The number of aliphatic hydroxyl groups excluding tert-OH is 1. The molecule has 6 heteroatoms. The molecule has 21 heavy (non-hydrogen) atoms. The summed E-state index contributed by atoms with van der Waals surface area (Å²) in [5.74, 6) is 5.49. The van der Waals surface area contributed by atoms with Crippen molar-refractivity contribution in [2.45, 2.75) is 17.9 Å². The van der Waals surface area contributed by atoms with Crippen LogP contribution in [0.3, 0.4) is 0 Å². The highest BCUT2D eigenvalue weighted by Crippen LogP contribution is 2.15. The number of sulfonamides is 1. The first-order valence-corrected chi connectivity index (χ1v) is 7.81. The van der Waals surface area contributed by atoms with Crippen LogP contribution in [0.5, 0.6) is 0 Å². The summed E-state index contributed by atoms with van der Waals surface area (Å²) in [5, 5.41) is 8.72. The van der Waals surface area contributed by atoms with Gasteiger partial charge in [-0.1, -0.05) is 24.0 Å². The lowest BCUT2D eigenvalue weighted by molar-refractivity contribution is 0.305. The Bertz CT molecular complexity index is 739. The van der Waals surface area contributed by atoms with Gasteiger partial charge in [-0.15, -0.1) is 0 Å². The summed E-state index contributed by atoms with van der Waals surface area (Å²) in [6.45, 7) is 0.0951. The Labute approximate surface area is 123 Å². The lowest BCUT2D eigenvalue weighted by Gasteiger charge is -2.07. The first-order valence-electron chi connectivity index (χ1n) is 6.33. The molecule has 0 radical (unpaired) electrons. The highest BCUT2D eigenvalue weighted by molar-refractivity contribution is 7.89. The summed E-state index contributed by atoms with van der Waals surface area (Å²) in [6, 6.07) is 8.19. The van der Waals surface area contributed by atoms with Gasteiger partial charge in [0.05, 0.1) is 24.0 Å². The maximum atomic E-state index is 12.3. The van der Waals surface area contributed by atoms with Crippen LogP contribution in [0.25, 0.3) is 0 Å². The van der Waals surface area contributed by atoms with E-state index in [4.69, 9.17) is 9.52 Å². The molecule has 0 spiro atoms. The molecule has 1 aromatic heterocycles. The van der Waals surface area contributed by atoms with Gasteiger partial charge >= 0.3 is 0 Å². The predicted molar refractivity (Wildman–Crippen MR) is 77.8 cm³/mol. The van der Waals surface area contributed by atoms with Gasteiger partial charge < -0.3 is 9.52 Å². The summed E-state index contributed by atoms with van der Waals surface area (Å²) < 4.78 is 32.0. The van der Waals surface area contributed by atoms with Gasteiger partial charge in [0, 0.05) is 24.1 Å². The van der Waals surface area contributed by atoms with Crippen molar-refractivity contribution in [1.82, 2.24) is 4.72 Å². The Kier molecular flexibility index (Phi) is 5.17. The average molecular weight is 305 g/mol. The van der Waals surface area contributed by atoms with Gasteiger partial charge in [-0.25, -0.2) is 13.1 Å². The van der Waals surface area contributed by atoms with E-state index in [2.05, 4.69) is 16.6 Å². The number of rotatable bonds is 5. The van der Waals surface area contributed by atoms with Crippen LogP contribution in [0.15, 0.2) is 52.2 Å². The van der Waals surface area contributed by atoms with Crippen LogP contribution >= 0.6 is 0 Å². The van der Waals surface area contributed by atoms with Crippen LogP contribution in [-0.2, 0) is 16.6 Å². The molecule has 0 aliphatic heterocycles. The molecule has 5 nitrogen and oxygen atoms in total. The van der Waals surface area contributed by atoms with Crippen molar-refractivity contribution in [2.75, 3.05) is 6.61 Å². The summed E-state index contributed by atoms with van der Waals surface area (Å²) >= 11 is 0. The predicted octanol–water partition coefficient (Wildman–Crippen LogP) is 1.49. The van der Waals surface area contributed by atoms with Crippen LogP contribution in [0, 0.1) is 11.8 Å². The Morgan fingerprint density at radius 1 is 1.24 bits per heavy atom. The van der Waals surface area contributed by atoms with Crippen molar-refractivity contribution in [3.63, 3.8) is 0 Å². The summed E-state index contributed by atoms with van der Waals surface area (Å²) in [7, 11) is -3.66. The van der Waals surface area contributed by atoms with Gasteiger partial charge in [0.2, 0.25) is 10.0 Å². The van der Waals surface area contributed by atoms with Crippen LogP contribution in [0.1, 0.15) is 17.5 Å². The SMILES string of the molecule is O=S(=O)(NCc1ccoc1)c1ccccc1C#CCCO. The topological polar surface area (TPSA) is 79.5 Å². The minimum Gasteiger partial charge on any atom is -0.472 e. The van der Waals surface area contributed by atoms with Gasteiger partial charge in [0.25, 0.3) is 0 Å². The molecular weight excluding hydrogens is 290 g/mol. The molecule has 0 fully saturated rings. The van der Waals surface area contributed by atoms with Gasteiger partial charge in [0.15, 0.2) is 0 Å². The van der Waals surface area contributed by atoms with Gasteiger partial charge in [-0.3, -0.25) is 0 Å². The van der Waals surface area contributed by atoms with Crippen molar-refractivity contribution < 1.29 is 17.9 Å². The summed E-state index contributed by atoms with van der Waals surface area (Å²) in [5.41, 5.74) is 1.15. The van der Waals surface area contributed by atoms with E-state index in [-0.39, 0.29) is 18.0 Å². The van der Waals surface area contributed by atoms with Gasteiger partial charge in [-0.05, 0) is 18.2 Å². The standard InChI is InChI=1S/C15H15NO4S/c17-9-4-3-6-14-5-1-2-7-15(14)21(18,19)16-11-13-8-10-20-12-13/h1-2,5,7-8,10,12,16-17H,4,9,11H2. The van der Waals surface area contributed by atoms with E-state index in [9.17, 15) is 8.42 Å². The highest BCUT2D eigenvalue weighted by Gasteiger charge is 2.17. The molecule has 2 N–H and O–H groups in total. The smallest absolute Gasteiger partial charge is 0.242 e. The number of nitrogens with one attached hydrogen (secondary N) is 1. The van der Waals surface area contributed by atoms with Crippen LogP contribution in [-0.4, -0.2) is 20.1 Å². The second-order valence-corrected chi connectivity index (χ2v) is 5.96. The van der Waals surface area contributed by atoms with Gasteiger partial charge in [0.1, 0.15) is 0 Å². The fourth-order valence-electron chi connectivity index (χ4n) is 1.67. The number of hydrogen-bond acceptors (Lipinski definition) is 4. The quantitative estimate of drug-likeness (QED) is 0.820. The zero-order valence-electron chi connectivity index (χ0n) is 11.2. The van der Waals surface area contributed by atoms with E-state index < -0.39 is 10.0 Å². The zero-order valence-corrected chi connectivity index (χ0v) is 12.1. The molecule has 1 heterocycles. The molecule has 0 saturated carbocycles. The van der Waals surface area contributed by atoms with E-state index in [1.165, 1.54) is 18.6 Å². The molecule has 0 bridgehead atoms. The van der Waals surface area contributed by atoms with E-state index >= 15 is 0 Å². The van der Waals surface area contributed by atoms with Crippen molar-refractivity contribution in [1.29, 1.82) is 0 Å². The molecule has 0 aliphatic carbocycles. The summed E-state index contributed by atoms with van der Waals surface area (Å²) in [4.78, 5) is 0.124. The fourth-order valence-corrected chi connectivity index (χ4v) is 2.85. The largest absolute Gasteiger partial charge is 0.472 e. The Morgan fingerprint density at radius 3 is 2.76 bits per heavy atom. The van der Waals surface area contributed by atoms with Crippen molar-refractivity contribution in [3.05, 3.63) is 54.0 Å². The number of benzene rings is 1. The molecule has 2 rings (SSSR count). The first kappa shape index (κ1) is 15.3. The Hall–Kier alpha value is -2.07. The maximum Gasteiger partial charge on any atom is 0.242 e. The first-order chi connectivity index (χ1) is 10.1. The molecule has 110 valence electrons. The van der Waals surface area contributed by atoms with Gasteiger partial charge in [-0.2, -0.15) is 0 Å². The number of furan rings is 1. The lowest BCUT2D eigenvalue weighted by atomic mass is 10.2. The zero-order chi connectivity index (χ0) is 15.1. The van der Waals surface area contributed by atoms with Crippen molar-refractivity contribution >= 4 is 10.0 Å². The molecule has 0 aliphatic rings. The fraction of sp³-hybridized carbons (Fsp3) is 0.200. The highest BCUT2D eigenvalue weighted by atomic mass is 32.2. The summed E-state index contributed by atoms with van der Waals surface area (Å²) in [6.07, 6.45) is 3.27. The van der Waals surface area contributed by atoms with E-state index in [0.29, 0.717) is 12.0 Å². The molecule has 0 amide bonds. The molecule has 2 aromatic rings. The maximum absolute atomic E-state index is 12.3. The Morgan fingerprint density at radius 2 is 2.05 bits per heavy atom. The molecule has 0 saturated heterocycles. The van der Waals surface area contributed by atoms with Crippen LogP contribution in [0.2, 0.25) is 0 Å². The number of aliphatic hydroxyl groups is 1. The normalized spacial score (nSPS) is 10.9. The number of hydrogen-bond donors (Lipinski definition) is 2. The third kappa shape index (κ3) is 4.20. The molecule has 0 unspecified atom stereocenters. The average Bonchev–Trinajstić information content (AvgIpc) is 2.99. The van der Waals surface area contributed by atoms with Crippen molar-refractivity contribution in [2.24, 2.45) is 0 Å². The monoisotopic (exact) mass is 305 g/mol. The third-order valence-corrected chi connectivity index (χ3v) is 4.14. The van der Waals surface area contributed by atoms with E-state index in [1.807, 2.05) is 0 Å². The second kappa shape index (κ2) is 7.09. The minimum absolute atomic E-state index is 0.0549. The second-order valence-electron chi connectivity index (χ2n) is 4.23. The Balaban J connectivity index is 2.21. The van der Waals surface area contributed by atoms with E-state index in [0.717, 1.165) is 5.56 Å². The van der Waals surface area contributed by atoms with Crippen molar-refractivity contribution in [3.8, 4) is 11.8 Å². The van der Waals surface area contributed by atoms with Crippen LogP contribution < -0.4 is 4.72 Å². The molecular formula is C15H15NO4S. The minimum atomic E-state index is -3.66. The van der Waals surface area contributed by atoms with Crippen LogP contribution in [0.4, 0.5) is 0 Å². The third-order valence-electron chi connectivity index (χ3n) is 2.68.